The van der Waals surface area contributed by atoms with Crippen LogP contribution in [0.1, 0.15) is 45.4 Å². The molecule has 2 fully saturated rings. The van der Waals surface area contributed by atoms with Gasteiger partial charge in [0.25, 0.3) is 5.91 Å². The third-order valence-corrected chi connectivity index (χ3v) is 7.77. The van der Waals surface area contributed by atoms with Gasteiger partial charge in [0.1, 0.15) is 0 Å². The van der Waals surface area contributed by atoms with E-state index in [4.69, 9.17) is 16.3 Å². The number of ether oxygens (including phenoxy) is 1. The maximum absolute atomic E-state index is 12.7. The molecule has 1 atom stereocenters. The standard InChI is InChI=1S/C20H27ClN2O5S/c1-14(19(24)22-17-4-2-3-5-17)28-20(25)15-10-12-23(13-11-15)29(26,27)18-8-6-16(21)7-9-18/h6-9,14-15,17H,2-5,10-13H2,1H3,(H,22,24). The number of nitrogens with one attached hydrogen (secondary N) is 1. The normalized spacial score (nSPS) is 20.3. The predicted octanol–water partition coefficient (Wildman–Crippen LogP) is 2.73. The zero-order chi connectivity index (χ0) is 21.0. The highest BCUT2D eigenvalue weighted by Crippen LogP contribution is 2.26. The van der Waals surface area contributed by atoms with Crippen molar-refractivity contribution in [2.75, 3.05) is 13.1 Å². The second kappa shape index (κ2) is 9.45. The van der Waals surface area contributed by atoms with E-state index in [1.807, 2.05) is 0 Å². The Labute approximate surface area is 176 Å². The van der Waals surface area contributed by atoms with E-state index >= 15 is 0 Å². The van der Waals surface area contributed by atoms with Crippen LogP contribution in [0.25, 0.3) is 0 Å². The van der Waals surface area contributed by atoms with Crippen LogP contribution in [0.4, 0.5) is 0 Å². The van der Waals surface area contributed by atoms with E-state index < -0.39 is 28.0 Å². The van der Waals surface area contributed by atoms with Crippen LogP contribution in [0, 0.1) is 5.92 Å². The molecule has 1 N–H and O–H groups in total. The predicted molar refractivity (Wildman–Crippen MR) is 109 cm³/mol. The summed E-state index contributed by atoms with van der Waals surface area (Å²) in [4.78, 5) is 24.8. The number of nitrogens with zero attached hydrogens (tertiary/aromatic N) is 1. The van der Waals surface area contributed by atoms with Crippen molar-refractivity contribution in [1.82, 2.24) is 9.62 Å². The van der Waals surface area contributed by atoms with E-state index in [9.17, 15) is 18.0 Å². The van der Waals surface area contributed by atoms with E-state index in [1.54, 1.807) is 6.92 Å². The molecule has 7 nitrogen and oxygen atoms in total. The summed E-state index contributed by atoms with van der Waals surface area (Å²) in [5, 5.41) is 3.39. The van der Waals surface area contributed by atoms with Crippen LogP contribution in [-0.2, 0) is 24.3 Å². The molecule has 1 aliphatic heterocycles. The summed E-state index contributed by atoms with van der Waals surface area (Å²) in [6.45, 7) is 2.03. The molecule has 29 heavy (non-hydrogen) atoms. The second-order valence-electron chi connectivity index (χ2n) is 7.70. The smallest absolute Gasteiger partial charge is 0.309 e. The van der Waals surface area contributed by atoms with Crippen LogP contribution in [0.2, 0.25) is 5.02 Å². The molecule has 0 radical (unpaired) electrons. The summed E-state index contributed by atoms with van der Waals surface area (Å²) in [5.41, 5.74) is 0. The molecule has 0 aromatic heterocycles. The molecular formula is C20H27ClN2O5S. The molecule has 2 aliphatic rings. The van der Waals surface area contributed by atoms with E-state index in [-0.39, 0.29) is 29.9 Å². The number of carbonyl (C=O) groups is 2. The van der Waals surface area contributed by atoms with Crippen molar-refractivity contribution in [1.29, 1.82) is 0 Å². The number of benzene rings is 1. The summed E-state index contributed by atoms with van der Waals surface area (Å²) in [6.07, 6.45) is 4.03. The fraction of sp³-hybridized carbons (Fsp3) is 0.600. The summed E-state index contributed by atoms with van der Waals surface area (Å²) in [7, 11) is -3.62. The van der Waals surface area contributed by atoms with Gasteiger partial charge in [-0.2, -0.15) is 4.31 Å². The first-order valence-electron chi connectivity index (χ1n) is 10.0. The molecule has 1 unspecified atom stereocenters. The van der Waals surface area contributed by atoms with Crippen molar-refractivity contribution in [2.24, 2.45) is 5.92 Å². The zero-order valence-electron chi connectivity index (χ0n) is 16.5. The fourth-order valence-corrected chi connectivity index (χ4v) is 5.40. The van der Waals surface area contributed by atoms with E-state index in [2.05, 4.69) is 5.32 Å². The first-order chi connectivity index (χ1) is 13.8. The molecule has 0 spiro atoms. The van der Waals surface area contributed by atoms with Crippen LogP contribution >= 0.6 is 11.6 Å². The minimum Gasteiger partial charge on any atom is -0.452 e. The van der Waals surface area contributed by atoms with E-state index in [1.165, 1.54) is 28.6 Å². The largest absolute Gasteiger partial charge is 0.452 e. The molecule has 1 amide bonds. The minimum atomic E-state index is -3.62. The van der Waals surface area contributed by atoms with Crippen LogP contribution in [0.5, 0.6) is 0 Å². The first kappa shape index (κ1) is 22.1. The number of halogens is 1. The van der Waals surface area contributed by atoms with Crippen LogP contribution in [0.3, 0.4) is 0 Å². The van der Waals surface area contributed by atoms with Crippen molar-refractivity contribution in [3.8, 4) is 0 Å². The Morgan fingerprint density at radius 2 is 1.69 bits per heavy atom. The highest BCUT2D eigenvalue weighted by Gasteiger charge is 2.34. The monoisotopic (exact) mass is 442 g/mol. The fourth-order valence-electron chi connectivity index (χ4n) is 3.80. The zero-order valence-corrected chi connectivity index (χ0v) is 18.0. The molecule has 1 aliphatic carbocycles. The van der Waals surface area contributed by atoms with E-state index in [0.717, 1.165) is 25.7 Å². The molecule has 1 saturated carbocycles. The quantitative estimate of drug-likeness (QED) is 0.684. The SMILES string of the molecule is CC(OC(=O)C1CCN(S(=O)(=O)c2ccc(Cl)cc2)CC1)C(=O)NC1CCCC1. The Morgan fingerprint density at radius 1 is 1.10 bits per heavy atom. The second-order valence-corrected chi connectivity index (χ2v) is 10.1. The molecule has 1 aromatic carbocycles. The van der Waals surface area contributed by atoms with Crippen LogP contribution < -0.4 is 5.32 Å². The maximum atomic E-state index is 12.7. The number of sulfonamides is 1. The van der Waals surface area contributed by atoms with Gasteiger partial charge in [-0.3, -0.25) is 9.59 Å². The van der Waals surface area contributed by atoms with Crippen molar-refractivity contribution in [3.63, 3.8) is 0 Å². The summed E-state index contributed by atoms with van der Waals surface area (Å²) in [6, 6.07) is 6.20. The summed E-state index contributed by atoms with van der Waals surface area (Å²) < 4.78 is 32.2. The number of hydrogen-bond donors (Lipinski definition) is 1. The molecular weight excluding hydrogens is 416 g/mol. The average molecular weight is 443 g/mol. The Bertz CT molecular complexity index is 829. The topological polar surface area (TPSA) is 92.8 Å². The molecule has 1 aromatic rings. The van der Waals surface area contributed by atoms with Crippen LogP contribution in [0.15, 0.2) is 29.2 Å². The van der Waals surface area contributed by atoms with Crippen LogP contribution in [-0.4, -0.2) is 49.8 Å². The Hall–Kier alpha value is -1.64. The lowest BCUT2D eigenvalue weighted by atomic mass is 9.98. The lowest BCUT2D eigenvalue weighted by Crippen LogP contribution is -2.43. The van der Waals surface area contributed by atoms with Gasteiger partial charge in [-0.15, -0.1) is 0 Å². The van der Waals surface area contributed by atoms with Gasteiger partial charge in [0.2, 0.25) is 10.0 Å². The van der Waals surface area contributed by atoms with E-state index in [0.29, 0.717) is 17.9 Å². The van der Waals surface area contributed by atoms with Crippen molar-refractivity contribution < 1.29 is 22.7 Å². The van der Waals surface area contributed by atoms with Gasteiger partial charge in [0.05, 0.1) is 10.8 Å². The number of piperidine rings is 1. The number of carbonyl (C=O) groups excluding carboxylic acids is 2. The summed E-state index contributed by atoms with van der Waals surface area (Å²) in [5.74, 6) is -1.12. The molecule has 3 rings (SSSR count). The number of amides is 1. The summed E-state index contributed by atoms with van der Waals surface area (Å²) >= 11 is 5.82. The Kier molecular flexibility index (Phi) is 7.19. The highest BCUT2D eigenvalue weighted by molar-refractivity contribution is 7.89. The van der Waals surface area contributed by atoms with Crippen molar-refractivity contribution in [3.05, 3.63) is 29.3 Å². The molecule has 9 heteroatoms. The van der Waals surface area contributed by atoms with Gasteiger partial charge < -0.3 is 10.1 Å². The first-order valence-corrected chi connectivity index (χ1v) is 11.9. The lowest BCUT2D eigenvalue weighted by molar-refractivity contribution is -0.160. The Morgan fingerprint density at radius 3 is 2.28 bits per heavy atom. The van der Waals surface area contributed by atoms with Gasteiger partial charge in [0.15, 0.2) is 6.10 Å². The third kappa shape index (κ3) is 5.49. The molecule has 1 saturated heterocycles. The minimum absolute atomic E-state index is 0.171. The van der Waals surface area contributed by atoms with Gasteiger partial charge in [-0.25, -0.2) is 8.42 Å². The van der Waals surface area contributed by atoms with Gasteiger partial charge in [-0.05, 0) is 56.9 Å². The number of rotatable bonds is 6. The Balaban J connectivity index is 1.49. The van der Waals surface area contributed by atoms with Gasteiger partial charge in [0, 0.05) is 24.2 Å². The molecule has 160 valence electrons. The average Bonchev–Trinajstić information content (AvgIpc) is 3.21. The van der Waals surface area contributed by atoms with Gasteiger partial charge in [-0.1, -0.05) is 24.4 Å². The lowest BCUT2D eigenvalue weighted by Gasteiger charge is -2.30. The third-order valence-electron chi connectivity index (χ3n) is 5.60. The number of hydrogen-bond acceptors (Lipinski definition) is 5. The van der Waals surface area contributed by atoms with Crippen molar-refractivity contribution >= 4 is 33.5 Å². The number of esters is 1. The highest BCUT2D eigenvalue weighted by atomic mass is 35.5. The molecule has 1 heterocycles. The molecule has 0 bridgehead atoms. The van der Waals surface area contributed by atoms with Crippen molar-refractivity contribution in [2.45, 2.75) is 62.5 Å². The van der Waals surface area contributed by atoms with Gasteiger partial charge >= 0.3 is 5.97 Å². The maximum Gasteiger partial charge on any atom is 0.309 e.